The van der Waals surface area contributed by atoms with Crippen LogP contribution in [0.25, 0.3) is 0 Å². The van der Waals surface area contributed by atoms with Crippen LogP contribution in [0.4, 0.5) is 23.2 Å². The molecule has 31 heavy (non-hydrogen) atoms. The molecule has 0 bridgehead atoms. The minimum atomic E-state index is -4.33. The number of sulfonamides is 1. The fraction of sp³-hybridized carbons (Fsp3) is 0.350. The highest BCUT2D eigenvalue weighted by Crippen LogP contribution is 2.37. The van der Waals surface area contributed by atoms with Gasteiger partial charge in [-0.05, 0) is 61.7 Å². The lowest BCUT2D eigenvalue weighted by Crippen LogP contribution is -2.41. The topological polar surface area (TPSA) is 75.3 Å². The first-order valence-electron chi connectivity index (χ1n) is 9.41. The summed E-state index contributed by atoms with van der Waals surface area (Å²) in [6, 6.07) is 7.39. The molecular weight excluding hydrogens is 460 g/mol. The minimum Gasteiger partial charge on any atom is -0.349 e. The van der Waals surface area contributed by atoms with Crippen LogP contribution in [0, 0.1) is 11.7 Å². The van der Waals surface area contributed by atoms with Crippen LogP contribution in [-0.4, -0.2) is 26.5 Å². The highest BCUT2D eigenvalue weighted by Gasteiger charge is 2.42. The number of benzene rings is 2. The first-order valence-corrected chi connectivity index (χ1v) is 11.3. The van der Waals surface area contributed by atoms with E-state index in [-0.39, 0.29) is 34.0 Å². The normalized spacial score (nSPS) is 19.6. The Morgan fingerprint density at radius 1 is 1.06 bits per heavy atom. The maximum Gasteiger partial charge on any atom is 0.391 e. The Balaban J connectivity index is 1.77. The number of hydrogen-bond donors (Lipinski definition) is 2. The molecule has 2 aromatic rings. The smallest absolute Gasteiger partial charge is 0.349 e. The molecule has 0 radical (unpaired) electrons. The molecule has 11 heteroatoms. The van der Waals surface area contributed by atoms with Gasteiger partial charge in [0, 0.05) is 11.7 Å². The number of halogens is 5. The average molecular weight is 479 g/mol. The Hall–Kier alpha value is -2.33. The van der Waals surface area contributed by atoms with Crippen molar-refractivity contribution in [3.63, 3.8) is 0 Å². The Bertz CT molecular complexity index is 1060. The molecule has 1 aliphatic rings. The highest BCUT2D eigenvalue weighted by molar-refractivity contribution is 7.92. The van der Waals surface area contributed by atoms with Crippen molar-refractivity contribution in [2.24, 2.45) is 5.92 Å². The van der Waals surface area contributed by atoms with Gasteiger partial charge in [0.15, 0.2) is 0 Å². The summed E-state index contributed by atoms with van der Waals surface area (Å²) in [4.78, 5) is 12.4. The van der Waals surface area contributed by atoms with Gasteiger partial charge in [-0.2, -0.15) is 13.2 Å². The zero-order valence-corrected chi connectivity index (χ0v) is 17.6. The second-order valence-corrected chi connectivity index (χ2v) is 9.42. The van der Waals surface area contributed by atoms with Gasteiger partial charge in [-0.15, -0.1) is 0 Å². The molecule has 0 aliphatic heterocycles. The molecule has 168 valence electrons. The molecule has 2 atom stereocenters. The summed E-state index contributed by atoms with van der Waals surface area (Å²) < 4.78 is 79.5. The van der Waals surface area contributed by atoms with Crippen molar-refractivity contribution in [2.75, 3.05) is 4.72 Å². The molecule has 0 spiro atoms. The molecule has 1 fully saturated rings. The first-order chi connectivity index (χ1) is 14.5. The van der Waals surface area contributed by atoms with Crippen molar-refractivity contribution in [1.29, 1.82) is 0 Å². The summed E-state index contributed by atoms with van der Waals surface area (Å²) in [5, 5.41) is 2.49. The summed E-state index contributed by atoms with van der Waals surface area (Å²) >= 11 is 6.04. The largest absolute Gasteiger partial charge is 0.391 e. The third-order valence-electron chi connectivity index (χ3n) is 5.06. The monoisotopic (exact) mass is 478 g/mol. The summed E-state index contributed by atoms with van der Waals surface area (Å²) in [5.41, 5.74) is -0.0551. The van der Waals surface area contributed by atoms with E-state index in [1.54, 1.807) is 0 Å². The van der Waals surface area contributed by atoms with Crippen molar-refractivity contribution in [2.45, 2.75) is 42.8 Å². The van der Waals surface area contributed by atoms with Crippen LogP contribution >= 0.6 is 11.6 Å². The molecule has 0 aromatic heterocycles. The van der Waals surface area contributed by atoms with Gasteiger partial charge in [-0.25, -0.2) is 12.8 Å². The molecule has 0 heterocycles. The fourth-order valence-corrected chi connectivity index (χ4v) is 4.75. The van der Waals surface area contributed by atoms with E-state index in [1.165, 1.54) is 24.3 Å². The molecule has 5 nitrogen and oxygen atoms in total. The second kappa shape index (κ2) is 9.04. The minimum absolute atomic E-state index is 0.0133. The van der Waals surface area contributed by atoms with Crippen LogP contribution in [-0.2, 0) is 10.0 Å². The third-order valence-corrected chi connectivity index (χ3v) is 6.77. The standard InChI is InChI=1S/C20H19ClF4N2O3S/c21-18-9-8-16(31(29,30)27-14-6-4-13(22)5-7-14)11-17(18)19(28)26-15-3-1-2-12(10-15)20(23,24)25/h4-9,11-12,15,27H,1-3,10H2,(H,26,28)/t12-,15+/m0/s1. The van der Waals surface area contributed by atoms with Crippen LogP contribution in [0.2, 0.25) is 5.02 Å². The Morgan fingerprint density at radius 3 is 2.39 bits per heavy atom. The number of anilines is 1. The summed E-state index contributed by atoms with van der Waals surface area (Å²) in [6.45, 7) is 0. The molecule has 1 aliphatic carbocycles. The van der Waals surface area contributed by atoms with E-state index in [9.17, 15) is 30.8 Å². The maximum atomic E-state index is 13.0. The molecule has 1 saturated carbocycles. The lowest BCUT2D eigenvalue weighted by atomic mass is 9.85. The molecule has 0 unspecified atom stereocenters. The van der Waals surface area contributed by atoms with Crippen LogP contribution in [0.3, 0.4) is 0 Å². The second-order valence-electron chi connectivity index (χ2n) is 7.33. The van der Waals surface area contributed by atoms with E-state index in [1.807, 2.05) is 0 Å². The number of amides is 1. The zero-order valence-electron chi connectivity index (χ0n) is 16.0. The lowest BCUT2D eigenvalue weighted by molar-refractivity contribution is -0.183. The summed E-state index contributed by atoms with van der Waals surface area (Å²) in [7, 11) is -4.12. The Labute approximate surface area is 181 Å². The number of carbonyl (C=O) groups is 1. The SMILES string of the molecule is O=C(N[C@@H]1CCC[C@H](C(F)(F)F)C1)c1cc(S(=O)(=O)Nc2ccc(F)cc2)ccc1Cl. The number of rotatable bonds is 5. The number of alkyl halides is 3. The molecular formula is C20H19ClF4N2O3S. The first kappa shape index (κ1) is 23.3. The zero-order chi connectivity index (χ0) is 22.8. The third kappa shape index (κ3) is 5.88. The van der Waals surface area contributed by atoms with Gasteiger partial charge in [0.2, 0.25) is 0 Å². The predicted molar refractivity (Wildman–Crippen MR) is 108 cm³/mol. The van der Waals surface area contributed by atoms with E-state index < -0.39 is 39.9 Å². The van der Waals surface area contributed by atoms with Crippen LogP contribution < -0.4 is 10.0 Å². The summed E-state index contributed by atoms with van der Waals surface area (Å²) in [6.07, 6.45) is -3.85. The fourth-order valence-electron chi connectivity index (χ4n) is 3.46. The van der Waals surface area contributed by atoms with Gasteiger partial charge in [0.05, 0.1) is 21.4 Å². The van der Waals surface area contributed by atoms with Crippen LogP contribution in [0.15, 0.2) is 47.4 Å². The van der Waals surface area contributed by atoms with E-state index in [2.05, 4.69) is 10.0 Å². The van der Waals surface area contributed by atoms with Crippen molar-refractivity contribution in [3.8, 4) is 0 Å². The maximum absolute atomic E-state index is 13.0. The molecule has 3 rings (SSSR count). The quantitative estimate of drug-likeness (QED) is 0.585. The van der Waals surface area contributed by atoms with Gasteiger partial charge in [0.1, 0.15) is 5.82 Å². The van der Waals surface area contributed by atoms with E-state index in [0.717, 1.165) is 18.2 Å². The van der Waals surface area contributed by atoms with E-state index >= 15 is 0 Å². The van der Waals surface area contributed by atoms with Crippen LogP contribution in [0.1, 0.15) is 36.0 Å². The Morgan fingerprint density at radius 2 is 1.74 bits per heavy atom. The molecule has 0 saturated heterocycles. The average Bonchev–Trinajstić information content (AvgIpc) is 2.69. The van der Waals surface area contributed by atoms with Gasteiger partial charge < -0.3 is 5.32 Å². The summed E-state index contributed by atoms with van der Waals surface area (Å²) in [5.74, 6) is -2.78. The number of hydrogen-bond acceptors (Lipinski definition) is 3. The van der Waals surface area contributed by atoms with Crippen LogP contribution in [0.5, 0.6) is 0 Å². The molecule has 2 N–H and O–H groups in total. The number of nitrogens with one attached hydrogen (secondary N) is 2. The van der Waals surface area contributed by atoms with Crippen molar-refractivity contribution >= 4 is 33.2 Å². The van der Waals surface area contributed by atoms with Gasteiger partial charge in [-0.3, -0.25) is 9.52 Å². The predicted octanol–water partition coefficient (Wildman–Crippen LogP) is 5.13. The molecule has 2 aromatic carbocycles. The highest BCUT2D eigenvalue weighted by atomic mass is 35.5. The van der Waals surface area contributed by atoms with E-state index in [0.29, 0.717) is 12.8 Å². The van der Waals surface area contributed by atoms with Crippen molar-refractivity contribution in [3.05, 3.63) is 58.9 Å². The van der Waals surface area contributed by atoms with Crippen molar-refractivity contribution in [1.82, 2.24) is 5.32 Å². The van der Waals surface area contributed by atoms with E-state index in [4.69, 9.17) is 11.6 Å². The molecule has 1 amide bonds. The van der Waals surface area contributed by atoms with Crippen molar-refractivity contribution < 1.29 is 30.8 Å². The number of carbonyl (C=O) groups excluding carboxylic acids is 1. The lowest BCUT2D eigenvalue weighted by Gasteiger charge is -2.31. The van der Waals surface area contributed by atoms with Gasteiger partial charge in [0.25, 0.3) is 15.9 Å². The van der Waals surface area contributed by atoms with Gasteiger partial charge >= 0.3 is 6.18 Å². The Kier molecular flexibility index (Phi) is 6.80. The van der Waals surface area contributed by atoms with Gasteiger partial charge in [-0.1, -0.05) is 18.0 Å².